The van der Waals surface area contributed by atoms with E-state index in [0.29, 0.717) is 12.1 Å². The highest BCUT2D eigenvalue weighted by Crippen LogP contribution is 2.29. The molecule has 5 heteroatoms. The van der Waals surface area contributed by atoms with Crippen LogP contribution in [0.15, 0.2) is 29.2 Å². The van der Waals surface area contributed by atoms with Crippen LogP contribution in [0.3, 0.4) is 0 Å². The van der Waals surface area contributed by atoms with E-state index < -0.39 is 11.2 Å². The average Bonchev–Trinajstić information content (AvgIpc) is 3.05. The molecular weight excluding hydrogens is 310 g/mol. The minimum atomic E-state index is -0.873. The minimum absolute atomic E-state index is 0.114. The Morgan fingerprint density at radius 1 is 1.30 bits per heavy atom. The molecule has 0 spiro atoms. The van der Waals surface area contributed by atoms with Gasteiger partial charge >= 0.3 is 5.97 Å². The number of carbonyl (C=O) groups is 2. The van der Waals surface area contributed by atoms with Crippen molar-refractivity contribution < 1.29 is 14.7 Å². The van der Waals surface area contributed by atoms with Gasteiger partial charge in [-0.25, -0.2) is 0 Å². The highest BCUT2D eigenvalue weighted by molar-refractivity contribution is 8.00. The van der Waals surface area contributed by atoms with Crippen molar-refractivity contribution in [2.45, 2.75) is 55.6 Å². The molecule has 0 heterocycles. The number of thioether (sulfide) groups is 1. The normalized spacial score (nSPS) is 16.2. The molecule has 0 aliphatic heterocycles. The van der Waals surface area contributed by atoms with Crippen molar-refractivity contribution in [1.82, 2.24) is 5.32 Å². The van der Waals surface area contributed by atoms with Crippen LogP contribution >= 0.6 is 11.8 Å². The maximum Gasteiger partial charge on any atom is 0.316 e. The number of amides is 1. The summed E-state index contributed by atoms with van der Waals surface area (Å²) in [4.78, 5) is 24.1. The summed E-state index contributed by atoms with van der Waals surface area (Å²) >= 11 is 1.21. The fourth-order valence-electron chi connectivity index (χ4n) is 2.98. The number of hydrogen-bond donors (Lipinski definition) is 2. The monoisotopic (exact) mass is 335 g/mol. The Labute approximate surface area is 142 Å². The van der Waals surface area contributed by atoms with Gasteiger partial charge in [0.2, 0.25) is 0 Å². The van der Waals surface area contributed by atoms with Crippen LogP contribution in [0.4, 0.5) is 0 Å². The first-order valence-electron chi connectivity index (χ1n) is 8.34. The summed E-state index contributed by atoms with van der Waals surface area (Å²) in [5.41, 5.74) is 0.562. The van der Waals surface area contributed by atoms with Crippen LogP contribution < -0.4 is 5.32 Å². The summed E-state index contributed by atoms with van der Waals surface area (Å²) < 4.78 is 0. The van der Waals surface area contributed by atoms with Crippen molar-refractivity contribution in [3.05, 3.63) is 29.8 Å². The number of carbonyl (C=O) groups excluding carboxylic acids is 1. The maximum atomic E-state index is 12.3. The zero-order chi connectivity index (χ0) is 16.7. The van der Waals surface area contributed by atoms with E-state index in [9.17, 15) is 9.59 Å². The van der Waals surface area contributed by atoms with Gasteiger partial charge in [0.1, 0.15) is 5.25 Å². The van der Waals surface area contributed by atoms with Gasteiger partial charge in [0, 0.05) is 11.4 Å². The largest absolute Gasteiger partial charge is 0.480 e. The zero-order valence-electron chi connectivity index (χ0n) is 13.6. The molecule has 2 N–H and O–H groups in total. The zero-order valence-corrected chi connectivity index (χ0v) is 14.4. The van der Waals surface area contributed by atoms with Gasteiger partial charge in [-0.1, -0.05) is 37.8 Å². The Bertz CT molecular complexity index is 541. The summed E-state index contributed by atoms with van der Waals surface area (Å²) in [5.74, 6) is -0.148. The summed E-state index contributed by atoms with van der Waals surface area (Å²) in [5, 5.41) is 11.4. The van der Waals surface area contributed by atoms with E-state index in [4.69, 9.17) is 5.11 Å². The molecule has 0 radical (unpaired) electrons. The molecule has 0 aromatic heterocycles. The van der Waals surface area contributed by atoms with Gasteiger partial charge in [-0.05, 0) is 37.8 Å². The molecule has 1 atom stereocenters. The Morgan fingerprint density at radius 3 is 2.70 bits per heavy atom. The molecule has 1 fully saturated rings. The molecule has 1 aromatic rings. The molecule has 1 saturated carbocycles. The third-order valence-corrected chi connectivity index (χ3v) is 5.50. The first kappa shape index (κ1) is 17.9. The van der Waals surface area contributed by atoms with Crippen molar-refractivity contribution in [2.24, 2.45) is 5.92 Å². The highest BCUT2D eigenvalue weighted by Gasteiger charge is 2.18. The molecule has 2 rings (SSSR count). The van der Waals surface area contributed by atoms with Gasteiger partial charge in [-0.3, -0.25) is 9.59 Å². The lowest BCUT2D eigenvalue weighted by molar-refractivity contribution is -0.136. The molecule has 1 unspecified atom stereocenters. The number of aliphatic carboxylic acids is 1. The SMILES string of the molecule is CC(Sc1ccccc1C(=O)NCCCC1CCCC1)C(=O)O. The molecule has 1 amide bonds. The van der Waals surface area contributed by atoms with Crippen LogP contribution in [-0.2, 0) is 4.79 Å². The summed E-state index contributed by atoms with van der Waals surface area (Å²) in [6.07, 6.45) is 7.57. The van der Waals surface area contributed by atoms with Crippen LogP contribution in [-0.4, -0.2) is 28.8 Å². The molecular formula is C18H25NO3S. The smallest absolute Gasteiger partial charge is 0.316 e. The van der Waals surface area contributed by atoms with E-state index in [0.717, 1.165) is 17.2 Å². The second kappa shape index (κ2) is 8.96. The Balaban J connectivity index is 1.84. The van der Waals surface area contributed by atoms with E-state index in [1.165, 1.54) is 43.9 Å². The highest BCUT2D eigenvalue weighted by atomic mass is 32.2. The first-order chi connectivity index (χ1) is 11.1. The van der Waals surface area contributed by atoms with Crippen LogP contribution in [0.5, 0.6) is 0 Å². The van der Waals surface area contributed by atoms with Crippen molar-refractivity contribution >= 4 is 23.6 Å². The van der Waals surface area contributed by atoms with Crippen molar-refractivity contribution in [3.63, 3.8) is 0 Å². The summed E-state index contributed by atoms with van der Waals surface area (Å²) in [6.45, 7) is 2.31. The van der Waals surface area contributed by atoms with Crippen LogP contribution in [0.2, 0.25) is 0 Å². The number of carboxylic acids is 1. The van der Waals surface area contributed by atoms with Gasteiger partial charge in [-0.15, -0.1) is 11.8 Å². The third kappa shape index (κ3) is 5.57. The van der Waals surface area contributed by atoms with Gasteiger partial charge in [0.25, 0.3) is 5.91 Å². The molecule has 23 heavy (non-hydrogen) atoms. The molecule has 0 saturated heterocycles. The van der Waals surface area contributed by atoms with E-state index in [-0.39, 0.29) is 5.91 Å². The van der Waals surface area contributed by atoms with Crippen LogP contribution in [0.25, 0.3) is 0 Å². The standard InChI is InChI=1S/C18H25NO3S/c1-13(18(21)22)23-16-11-5-4-10-15(16)17(20)19-12-6-9-14-7-2-3-8-14/h4-5,10-11,13-14H,2-3,6-9,12H2,1H3,(H,19,20)(H,21,22). The molecule has 1 aromatic carbocycles. The van der Waals surface area contributed by atoms with Gasteiger partial charge in [0.15, 0.2) is 0 Å². The second-order valence-corrected chi connectivity index (χ2v) is 7.53. The van der Waals surface area contributed by atoms with Gasteiger partial charge in [0.05, 0.1) is 5.56 Å². The fourth-order valence-corrected chi connectivity index (χ4v) is 3.91. The lowest BCUT2D eigenvalue weighted by atomic mass is 10.0. The Hall–Kier alpha value is -1.49. The van der Waals surface area contributed by atoms with Crippen molar-refractivity contribution in [1.29, 1.82) is 0 Å². The van der Waals surface area contributed by atoms with Crippen LogP contribution in [0, 0.1) is 5.92 Å². The maximum absolute atomic E-state index is 12.3. The predicted octanol–water partition coefficient (Wildman–Crippen LogP) is 3.95. The second-order valence-electron chi connectivity index (χ2n) is 6.14. The van der Waals surface area contributed by atoms with Gasteiger partial charge < -0.3 is 10.4 Å². The number of carboxylic acid groups (broad SMARTS) is 1. The predicted molar refractivity (Wildman–Crippen MR) is 92.9 cm³/mol. The van der Waals surface area contributed by atoms with Crippen LogP contribution in [0.1, 0.15) is 55.8 Å². The lowest BCUT2D eigenvalue weighted by Gasteiger charge is -2.12. The van der Waals surface area contributed by atoms with Gasteiger partial charge in [-0.2, -0.15) is 0 Å². The van der Waals surface area contributed by atoms with Crippen molar-refractivity contribution in [2.75, 3.05) is 6.54 Å². The molecule has 4 nitrogen and oxygen atoms in total. The first-order valence-corrected chi connectivity index (χ1v) is 9.22. The average molecular weight is 335 g/mol. The minimum Gasteiger partial charge on any atom is -0.480 e. The molecule has 126 valence electrons. The topological polar surface area (TPSA) is 66.4 Å². The summed E-state index contributed by atoms with van der Waals surface area (Å²) in [7, 11) is 0. The Morgan fingerprint density at radius 2 is 2.00 bits per heavy atom. The van der Waals surface area contributed by atoms with Crippen molar-refractivity contribution in [3.8, 4) is 0 Å². The van der Waals surface area contributed by atoms with E-state index in [1.54, 1.807) is 19.1 Å². The Kier molecular flexibility index (Phi) is 6.96. The van der Waals surface area contributed by atoms with E-state index in [2.05, 4.69) is 5.32 Å². The fraction of sp³-hybridized carbons (Fsp3) is 0.556. The number of rotatable bonds is 8. The van der Waals surface area contributed by atoms with E-state index >= 15 is 0 Å². The molecule has 1 aliphatic carbocycles. The number of benzene rings is 1. The summed E-state index contributed by atoms with van der Waals surface area (Å²) in [6, 6.07) is 7.19. The number of nitrogens with one attached hydrogen (secondary N) is 1. The number of hydrogen-bond acceptors (Lipinski definition) is 3. The quantitative estimate of drug-likeness (QED) is 0.557. The van der Waals surface area contributed by atoms with E-state index in [1.807, 2.05) is 12.1 Å². The third-order valence-electron chi connectivity index (χ3n) is 4.33. The molecule has 1 aliphatic rings. The molecule has 0 bridgehead atoms. The lowest BCUT2D eigenvalue weighted by Crippen LogP contribution is -2.25.